The Balaban J connectivity index is 0.000000483. The van der Waals surface area contributed by atoms with Crippen molar-refractivity contribution in [3.8, 4) is 0 Å². The Bertz CT molecular complexity index is 704. The summed E-state index contributed by atoms with van der Waals surface area (Å²) >= 11 is 11.1. The summed E-state index contributed by atoms with van der Waals surface area (Å²) < 4.78 is 5.25. The number of thiol groups is 2. The molecule has 2 rings (SSSR count). The second-order valence-electron chi connectivity index (χ2n) is 4.75. The standard InChI is InChI=1S/2C8H11N3S2.Pd/c2*1-11-5-3-4-7(11)6-9-10-8(12)13-2;/h2*3-6H,1-2H3,(H,10,12);. The van der Waals surface area contributed by atoms with Gasteiger partial charge in [0, 0.05) is 59.3 Å². The van der Waals surface area contributed by atoms with Crippen LogP contribution in [-0.2, 0) is 59.0 Å². The van der Waals surface area contributed by atoms with Crippen LogP contribution in [0.2, 0.25) is 0 Å². The van der Waals surface area contributed by atoms with Crippen LogP contribution >= 0.6 is 23.5 Å². The Morgan fingerprint density at radius 2 is 1.26 bits per heavy atom. The van der Waals surface area contributed by atoms with Crippen LogP contribution in [0, 0.1) is 0 Å². The molecule has 0 unspecified atom stereocenters. The SMILES string of the molecule is CSC(=[SH+])[N-]N=Cc1cccn1C.CSC(=[SH+])[N-]N=Cc1cccn1C.[Pd]. The van der Waals surface area contributed by atoms with E-state index in [4.69, 9.17) is 0 Å². The molecule has 2 aromatic heterocycles. The van der Waals surface area contributed by atoms with Crippen LogP contribution in [-0.4, -0.2) is 42.7 Å². The molecular formula is C16H22N6PdS4. The number of aryl methyl sites for hydroxylation is 2. The summed E-state index contributed by atoms with van der Waals surface area (Å²) in [5.74, 6) is 0. The van der Waals surface area contributed by atoms with Gasteiger partial charge in [0.05, 0.1) is 11.4 Å². The molecular weight excluding hydrogens is 511 g/mol. The van der Waals surface area contributed by atoms with Crippen LogP contribution in [0.3, 0.4) is 0 Å². The molecule has 0 aliphatic carbocycles. The van der Waals surface area contributed by atoms with Gasteiger partial charge in [0.15, 0.2) is 33.1 Å². The fourth-order valence-electron chi connectivity index (χ4n) is 1.57. The van der Waals surface area contributed by atoms with Crippen molar-refractivity contribution < 1.29 is 20.4 Å². The van der Waals surface area contributed by atoms with E-state index in [0.717, 1.165) is 11.4 Å². The van der Waals surface area contributed by atoms with E-state index in [0.29, 0.717) is 8.64 Å². The van der Waals surface area contributed by atoms with Crippen LogP contribution in [0.15, 0.2) is 46.9 Å². The molecule has 11 heteroatoms. The van der Waals surface area contributed by atoms with E-state index in [1.807, 2.05) is 72.4 Å². The molecule has 0 radical (unpaired) electrons. The average Bonchev–Trinajstić information content (AvgIpc) is 3.23. The van der Waals surface area contributed by atoms with Crippen LogP contribution in [0.1, 0.15) is 11.4 Å². The first kappa shape index (κ1) is 26.0. The van der Waals surface area contributed by atoms with Crippen LogP contribution in [0.4, 0.5) is 0 Å². The van der Waals surface area contributed by atoms with Crippen LogP contribution in [0.25, 0.3) is 10.9 Å². The van der Waals surface area contributed by atoms with Gasteiger partial charge in [0.1, 0.15) is 0 Å². The normalized spacial score (nSPS) is 10.2. The minimum absolute atomic E-state index is 0. The van der Waals surface area contributed by atoms with Crippen molar-refractivity contribution in [2.24, 2.45) is 24.3 Å². The summed E-state index contributed by atoms with van der Waals surface area (Å²) in [6, 6.07) is 7.86. The van der Waals surface area contributed by atoms with Gasteiger partial charge in [-0.25, -0.2) is 0 Å². The third kappa shape index (κ3) is 10.8. The monoisotopic (exact) mass is 532 g/mol. The number of nitrogens with zero attached hydrogens (tertiary/aromatic N) is 6. The fraction of sp³-hybridized carbons (Fsp3) is 0.250. The van der Waals surface area contributed by atoms with Crippen molar-refractivity contribution in [2.45, 2.75) is 0 Å². The second-order valence-corrected chi connectivity index (χ2v) is 7.79. The van der Waals surface area contributed by atoms with Crippen molar-refractivity contribution in [3.63, 3.8) is 0 Å². The van der Waals surface area contributed by atoms with E-state index in [1.165, 1.54) is 23.5 Å². The zero-order chi connectivity index (χ0) is 19.4. The Morgan fingerprint density at radius 1 is 0.889 bits per heavy atom. The molecule has 0 saturated heterocycles. The van der Waals surface area contributed by atoms with E-state index < -0.39 is 0 Å². The number of aromatic nitrogens is 2. The molecule has 0 saturated carbocycles. The van der Waals surface area contributed by atoms with Gasteiger partial charge in [-0.3, -0.25) is 0 Å². The summed E-state index contributed by atoms with van der Waals surface area (Å²) in [6.45, 7) is 0. The molecule has 0 amide bonds. The molecule has 0 atom stereocenters. The maximum Gasteiger partial charge on any atom is 0.174 e. The van der Waals surface area contributed by atoms with Crippen molar-refractivity contribution in [2.75, 3.05) is 12.5 Å². The molecule has 2 aromatic rings. The Morgan fingerprint density at radius 3 is 1.52 bits per heavy atom. The summed E-state index contributed by atoms with van der Waals surface area (Å²) in [5, 5.41) is 7.78. The van der Waals surface area contributed by atoms with Gasteiger partial charge >= 0.3 is 0 Å². The molecule has 0 aromatic carbocycles. The van der Waals surface area contributed by atoms with E-state index >= 15 is 0 Å². The molecule has 27 heavy (non-hydrogen) atoms. The van der Waals surface area contributed by atoms with Crippen molar-refractivity contribution in [1.82, 2.24) is 9.13 Å². The minimum Gasteiger partial charge on any atom is -0.520 e. The molecule has 0 N–H and O–H groups in total. The maximum atomic E-state index is 4.08. The molecule has 0 fully saturated rings. The molecule has 0 aliphatic heterocycles. The predicted octanol–water partition coefficient (Wildman–Crippen LogP) is 2.92. The van der Waals surface area contributed by atoms with Crippen LogP contribution in [0.5, 0.6) is 0 Å². The van der Waals surface area contributed by atoms with E-state index in [2.05, 4.69) is 45.5 Å². The van der Waals surface area contributed by atoms with E-state index in [9.17, 15) is 0 Å². The summed E-state index contributed by atoms with van der Waals surface area (Å²) in [6.07, 6.45) is 11.1. The number of hydrogen-bond acceptors (Lipinski definition) is 4. The van der Waals surface area contributed by atoms with E-state index in [1.54, 1.807) is 12.4 Å². The van der Waals surface area contributed by atoms with E-state index in [-0.39, 0.29) is 20.4 Å². The first-order chi connectivity index (χ1) is 12.5. The van der Waals surface area contributed by atoms with Crippen molar-refractivity contribution in [3.05, 3.63) is 58.9 Å². The summed E-state index contributed by atoms with van der Waals surface area (Å²) in [5.41, 5.74) is 9.76. The van der Waals surface area contributed by atoms with Gasteiger partial charge in [-0.2, -0.15) is 0 Å². The van der Waals surface area contributed by atoms with Gasteiger partial charge in [0.25, 0.3) is 0 Å². The molecule has 0 spiro atoms. The number of thioether (sulfide) groups is 2. The fourth-order valence-corrected chi connectivity index (χ4v) is 1.93. The van der Waals surface area contributed by atoms with Crippen LogP contribution < -0.4 is 0 Å². The Labute approximate surface area is 193 Å². The summed E-state index contributed by atoms with van der Waals surface area (Å²) in [7, 11) is 3.92. The topological polar surface area (TPSA) is 62.8 Å². The van der Waals surface area contributed by atoms with Crippen molar-refractivity contribution >= 4 is 69.0 Å². The Hall–Kier alpha value is -0.958. The first-order valence-electron chi connectivity index (χ1n) is 7.38. The molecule has 2 heterocycles. The first-order valence-corrected chi connectivity index (χ1v) is 10.7. The van der Waals surface area contributed by atoms with Gasteiger partial charge in [-0.1, -0.05) is 23.5 Å². The summed E-state index contributed by atoms with van der Waals surface area (Å²) in [4.78, 5) is 0. The number of hydrogen-bond donors (Lipinski definition) is 0. The largest absolute Gasteiger partial charge is 0.520 e. The van der Waals surface area contributed by atoms with Gasteiger partial charge < -0.3 is 30.2 Å². The third-order valence-corrected chi connectivity index (χ3v) is 5.17. The second kappa shape index (κ2) is 15.0. The minimum atomic E-state index is 0. The third-order valence-electron chi connectivity index (χ3n) is 3.00. The predicted molar refractivity (Wildman–Crippen MR) is 127 cm³/mol. The molecule has 150 valence electrons. The molecule has 0 aliphatic rings. The smallest absolute Gasteiger partial charge is 0.174 e. The van der Waals surface area contributed by atoms with Gasteiger partial charge in [-0.15, -0.1) is 0 Å². The molecule has 6 nitrogen and oxygen atoms in total. The zero-order valence-corrected chi connectivity index (χ0v) is 20.3. The quantitative estimate of drug-likeness (QED) is 0.152. The van der Waals surface area contributed by atoms with Crippen molar-refractivity contribution in [1.29, 1.82) is 0 Å². The molecule has 0 bridgehead atoms. The average molecular weight is 533 g/mol. The number of rotatable bonds is 4. The maximum absolute atomic E-state index is 4.08. The Kier molecular flexibility index (Phi) is 14.5. The van der Waals surface area contributed by atoms with Gasteiger partial charge in [-0.05, 0) is 36.8 Å². The van der Waals surface area contributed by atoms with Gasteiger partial charge in [0.2, 0.25) is 0 Å². The zero-order valence-electron chi connectivity index (χ0n) is 15.3.